The fourth-order valence-electron chi connectivity index (χ4n) is 3.33. The second kappa shape index (κ2) is 7.28. The lowest BCUT2D eigenvalue weighted by Crippen LogP contribution is -2.26. The fraction of sp³-hybridized carbons (Fsp3) is 0.368. The Morgan fingerprint density at radius 3 is 2.63 bits per heavy atom. The Kier molecular flexibility index (Phi) is 4.84. The summed E-state index contributed by atoms with van der Waals surface area (Å²) in [5.74, 6) is 1.21. The van der Waals surface area contributed by atoms with Crippen LogP contribution in [0.15, 0.2) is 56.6 Å². The second-order valence-corrected chi connectivity index (χ2v) is 8.80. The zero-order chi connectivity index (χ0) is 18.9. The summed E-state index contributed by atoms with van der Waals surface area (Å²) in [6.07, 6.45) is 5.79. The second-order valence-electron chi connectivity index (χ2n) is 6.83. The van der Waals surface area contributed by atoms with Crippen LogP contribution in [0.25, 0.3) is 11.5 Å². The quantitative estimate of drug-likeness (QED) is 0.639. The van der Waals surface area contributed by atoms with Gasteiger partial charge in [0.15, 0.2) is 0 Å². The first kappa shape index (κ1) is 17.9. The van der Waals surface area contributed by atoms with Crippen LogP contribution in [-0.2, 0) is 16.6 Å². The van der Waals surface area contributed by atoms with Gasteiger partial charge in [0, 0.05) is 25.6 Å². The van der Waals surface area contributed by atoms with Crippen molar-refractivity contribution in [3.63, 3.8) is 0 Å². The third kappa shape index (κ3) is 3.68. The first-order chi connectivity index (χ1) is 13.0. The van der Waals surface area contributed by atoms with Gasteiger partial charge in [-0.25, -0.2) is 8.42 Å². The van der Waals surface area contributed by atoms with E-state index < -0.39 is 10.0 Å². The Morgan fingerprint density at radius 2 is 1.89 bits per heavy atom. The Balaban J connectivity index is 1.52. The topological polar surface area (TPSA) is 89.4 Å². The largest absolute Gasteiger partial charge is 0.451 e. The van der Waals surface area contributed by atoms with Crippen molar-refractivity contribution in [2.45, 2.75) is 43.2 Å². The van der Waals surface area contributed by atoms with Gasteiger partial charge in [-0.3, -0.25) is 0 Å². The van der Waals surface area contributed by atoms with Crippen LogP contribution in [0.5, 0.6) is 0 Å². The zero-order valence-electron chi connectivity index (χ0n) is 15.0. The van der Waals surface area contributed by atoms with Gasteiger partial charge in [-0.05, 0) is 18.4 Å². The van der Waals surface area contributed by atoms with Crippen molar-refractivity contribution >= 4 is 10.0 Å². The van der Waals surface area contributed by atoms with E-state index in [0.29, 0.717) is 17.4 Å². The molecule has 3 aromatic rings. The van der Waals surface area contributed by atoms with Crippen molar-refractivity contribution in [3.05, 3.63) is 54.1 Å². The van der Waals surface area contributed by atoms with Gasteiger partial charge in [-0.2, -0.15) is 4.31 Å². The summed E-state index contributed by atoms with van der Waals surface area (Å²) in [5.41, 5.74) is 1.37. The minimum Gasteiger partial charge on any atom is -0.451 e. The van der Waals surface area contributed by atoms with E-state index in [1.54, 1.807) is 0 Å². The van der Waals surface area contributed by atoms with Gasteiger partial charge >= 0.3 is 0 Å². The summed E-state index contributed by atoms with van der Waals surface area (Å²) < 4.78 is 37.8. The van der Waals surface area contributed by atoms with Crippen molar-refractivity contribution in [2.75, 3.05) is 7.05 Å². The third-order valence-electron chi connectivity index (χ3n) is 4.88. The Bertz CT molecular complexity index is 1000. The molecule has 7 nitrogen and oxygen atoms in total. The predicted octanol–water partition coefficient (Wildman–Crippen LogP) is 3.81. The number of benzene rings is 1. The minimum absolute atomic E-state index is 0.142. The maximum absolute atomic E-state index is 12.8. The average Bonchev–Trinajstić information content (AvgIpc) is 3.42. The molecule has 0 radical (unpaired) electrons. The number of hydrogen-bond donors (Lipinski definition) is 0. The molecule has 1 aliphatic carbocycles. The molecule has 1 saturated carbocycles. The Labute approximate surface area is 158 Å². The number of hydrogen-bond acceptors (Lipinski definition) is 6. The van der Waals surface area contributed by atoms with Crippen LogP contribution in [-0.4, -0.2) is 30.0 Å². The maximum atomic E-state index is 12.8. The molecule has 0 saturated heterocycles. The first-order valence-corrected chi connectivity index (χ1v) is 10.4. The van der Waals surface area contributed by atoms with Gasteiger partial charge < -0.3 is 8.83 Å². The number of nitrogens with zero attached hydrogens (tertiary/aromatic N) is 3. The highest BCUT2D eigenvalue weighted by atomic mass is 32.2. The van der Waals surface area contributed by atoms with Crippen molar-refractivity contribution in [2.24, 2.45) is 0 Å². The van der Waals surface area contributed by atoms with Crippen LogP contribution < -0.4 is 0 Å². The van der Waals surface area contributed by atoms with Crippen molar-refractivity contribution in [1.82, 2.24) is 14.5 Å². The summed E-state index contributed by atoms with van der Waals surface area (Å²) in [6.45, 7) is 0.256. The summed E-state index contributed by atoms with van der Waals surface area (Å²) in [4.78, 5) is 0. The molecule has 0 bridgehead atoms. The molecule has 1 fully saturated rings. The molecule has 0 aliphatic heterocycles. The van der Waals surface area contributed by atoms with Crippen molar-refractivity contribution < 1.29 is 17.3 Å². The lowest BCUT2D eigenvalue weighted by Gasteiger charge is -2.15. The third-order valence-corrected chi connectivity index (χ3v) is 6.55. The molecule has 27 heavy (non-hydrogen) atoms. The fourth-order valence-corrected chi connectivity index (χ4v) is 4.40. The van der Waals surface area contributed by atoms with E-state index in [1.165, 1.54) is 36.5 Å². The lowest BCUT2D eigenvalue weighted by molar-refractivity contribution is 0.407. The van der Waals surface area contributed by atoms with Gasteiger partial charge in [-0.1, -0.05) is 43.2 Å². The Hall–Kier alpha value is -2.45. The predicted molar refractivity (Wildman–Crippen MR) is 98.3 cm³/mol. The van der Waals surface area contributed by atoms with Crippen LogP contribution in [0.4, 0.5) is 0 Å². The van der Waals surface area contributed by atoms with E-state index in [2.05, 4.69) is 10.2 Å². The molecule has 0 N–H and O–H groups in total. The molecule has 142 valence electrons. The molecular formula is C19H21N3O4S. The van der Waals surface area contributed by atoms with Crippen LogP contribution >= 0.6 is 0 Å². The molecule has 0 unspecified atom stereocenters. The van der Waals surface area contributed by atoms with E-state index >= 15 is 0 Å². The van der Waals surface area contributed by atoms with E-state index in [4.69, 9.17) is 8.83 Å². The smallest absolute Gasteiger partial charge is 0.276 e. The SMILES string of the molecule is CN(Cc1ccccc1)S(=O)(=O)c1cc(-c2nnc(C3CCCC3)o2)co1. The molecule has 1 aliphatic rings. The molecule has 0 spiro atoms. The van der Waals surface area contributed by atoms with Crippen molar-refractivity contribution in [1.29, 1.82) is 0 Å². The van der Waals surface area contributed by atoms with Gasteiger partial charge in [0.25, 0.3) is 15.9 Å². The van der Waals surface area contributed by atoms with E-state index in [0.717, 1.165) is 18.4 Å². The molecule has 1 aromatic carbocycles. The zero-order valence-corrected chi connectivity index (χ0v) is 15.9. The lowest BCUT2D eigenvalue weighted by atomic mass is 10.1. The van der Waals surface area contributed by atoms with E-state index in [-0.39, 0.29) is 17.5 Å². The first-order valence-electron chi connectivity index (χ1n) is 8.96. The highest BCUT2D eigenvalue weighted by molar-refractivity contribution is 7.88. The molecule has 2 heterocycles. The maximum Gasteiger partial charge on any atom is 0.276 e. The van der Waals surface area contributed by atoms with Crippen LogP contribution in [0, 0.1) is 0 Å². The standard InChI is InChI=1S/C19H21N3O4S/c1-22(12-14-7-3-2-4-8-14)27(23,24)17-11-16(13-25-17)19-21-20-18(26-19)15-9-5-6-10-15/h2-4,7-8,11,13,15H,5-6,9-10,12H2,1H3. The van der Waals surface area contributed by atoms with Crippen LogP contribution in [0.2, 0.25) is 0 Å². The van der Waals surface area contributed by atoms with E-state index in [1.807, 2.05) is 30.3 Å². The monoisotopic (exact) mass is 387 g/mol. The summed E-state index contributed by atoms with van der Waals surface area (Å²) in [7, 11) is -2.23. The highest BCUT2D eigenvalue weighted by Crippen LogP contribution is 2.35. The molecule has 8 heteroatoms. The van der Waals surface area contributed by atoms with Crippen molar-refractivity contribution in [3.8, 4) is 11.5 Å². The normalized spacial score (nSPS) is 15.6. The highest BCUT2D eigenvalue weighted by Gasteiger charge is 2.27. The number of furan rings is 1. The Morgan fingerprint density at radius 1 is 1.15 bits per heavy atom. The van der Waals surface area contributed by atoms with E-state index in [9.17, 15) is 8.42 Å². The number of aromatic nitrogens is 2. The summed E-state index contributed by atoms with van der Waals surface area (Å²) in [5, 5.41) is 8.03. The van der Waals surface area contributed by atoms with Gasteiger partial charge in [-0.15, -0.1) is 10.2 Å². The minimum atomic E-state index is -3.76. The molecular weight excluding hydrogens is 366 g/mol. The average molecular weight is 387 g/mol. The van der Waals surface area contributed by atoms with Crippen LogP contribution in [0.3, 0.4) is 0 Å². The molecule has 0 atom stereocenters. The molecule has 4 rings (SSSR count). The molecule has 2 aromatic heterocycles. The van der Waals surface area contributed by atoms with Gasteiger partial charge in [0.1, 0.15) is 6.26 Å². The summed E-state index contributed by atoms with van der Waals surface area (Å²) >= 11 is 0. The van der Waals surface area contributed by atoms with Gasteiger partial charge in [0.2, 0.25) is 11.0 Å². The molecule has 0 amide bonds. The van der Waals surface area contributed by atoms with Gasteiger partial charge in [0.05, 0.1) is 5.56 Å². The summed E-state index contributed by atoms with van der Waals surface area (Å²) in [6, 6.07) is 10.8. The number of rotatable bonds is 6. The number of sulfonamides is 1. The van der Waals surface area contributed by atoms with Crippen LogP contribution in [0.1, 0.15) is 43.1 Å².